The summed E-state index contributed by atoms with van der Waals surface area (Å²) < 4.78 is 0. The average molecular weight is 196 g/mol. The van der Waals surface area contributed by atoms with Crippen LogP contribution in [-0.4, -0.2) is 11.1 Å². The second kappa shape index (κ2) is 4.33. The lowest BCUT2D eigenvalue weighted by atomic mass is 9.83. The normalized spacial score (nSPS) is 25.1. The molecule has 1 unspecified atom stereocenters. The molecule has 0 bridgehead atoms. The lowest BCUT2D eigenvalue weighted by Crippen LogP contribution is -2.15. The maximum Gasteiger partial charge on any atom is 0.303 e. The lowest BCUT2D eigenvalue weighted by Gasteiger charge is -2.22. The highest BCUT2D eigenvalue weighted by molar-refractivity contribution is 5.66. The van der Waals surface area contributed by atoms with Crippen LogP contribution < -0.4 is 0 Å². The molecule has 0 radical (unpaired) electrons. The molecule has 14 heavy (non-hydrogen) atoms. The zero-order valence-electron chi connectivity index (χ0n) is 8.74. The number of rotatable bonds is 5. The molecule has 0 aliphatic heterocycles. The van der Waals surface area contributed by atoms with Gasteiger partial charge < -0.3 is 5.11 Å². The van der Waals surface area contributed by atoms with Gasteiger partial charge in [0.1, 0.15) is 0 Å². The van der Waals surface area contributed by atoms with Gasteiger partial charge >= 0.3 is 5.97 Å². The second-order valence-electron chi connectivity index (χ2n) is 4.98. The van der Waals surface area contributed by atoms with Gasteiger partial charge in [-0.2, -0.15) is 0 Å². The SMILES string of the molecule is O=C(O)CCC(C1CCCC1)C1CC1. The summed E-state index contributed by atoms with van der Waals surface area (Å²) in [5.74, 6) is 1.88. The first-order valence-electron chi connectivity index (χ1n) is 5.99. The van der Waals surface area contributed by atoms with Crippen LogP contribution in [0, 0.1) is 17.8 Å². The van der Waals surface area contributed by atoms with E-state index < -0.39 is 5.97 Å². The Balaban J connectivity index is 1.83. The standard InChI is InChI=1S/C12H20O2/c13-12(14)8-7-11(10-5-6-10)9-3-1-2-4-9/h9-11H,1-8H2,(H,13,14). The third kappa shape index (κ3) is 2.49. The molecule has 0 heterocycles. The van der Waals surface area contributed by atoms with Gasteiger partial charge in [0.05, 0.1) is 0 Å². The van der Waals surface area contributed by atoms with Gasteiger partial charge in [0.15, 0.2) is 0 Å². The van der Waals surface area contributed by atoms with Gasteiger partial charge in [0, 0.05) is 6.42 Å². The third-order valence-corrected chi connectivity index (χ3v) is 3.92. The molecule has 2 aliphatic carbocycles. The molecule has 0 aromatic carbocycles. The Labute approximate surface area is 85.7 Å². The van der Waals surface area contributed by atoms with Crippen molar-refractivity contribution in [1.29, 1.82) is 0 Å². The summed E-state index contributed by atoms with van der Waals surface area (Å²) in [5.41, 5.74) is 0. The summed E-state index contributed by atoms with van der Waals surface area (Å²) in [7, 11) is 0. The first kappa shape index (κ1) is 10.0. The number of carboxylic acid groups (broad SMARTS) is 1. The van der Waals surface area contributed by atoms with E-state index >= 15 is 0 Å². The van der Waals surface area contributed by atoms with E-state index in [1.54, 1.807) is 0 Å². The van der Waals surface area contributed by atoms with E-state index in [1.807, 2.05) is 0 Å². The quantitative estimate of drug-likeness (QED) is 0.733. The Hall–Kier alpha value is -0.530. The predicted octanol–water partition coefficient (Wildman–Crippen LogP) is 3.07. The molecule has 2 aliphatic rings. The molecule has 2 nitrogen and oxygen atoms in total. The van der Waals surface area contributed by atoms with Gasteiger partial charge in [0.2, 0.25) is 0 Å². The third-order valence-electron chi connectivity index (χ3n) is 3.92. The Kier molecular flexibility index (Phi) is 3.09. The summed E-state index contributed by atoms with van der Waals surface area (Å²) in [5, 5.41) is 8.71. The maximum atomic E-state index is 10.6. The van der Waals surface area contributed by atoms with Crippen LogP contribution in [0.1, 0.15) is 51.4 Å². The van der Waals surface area contributed by atoms with Crippen molar-refractivity contribution in [2.75, 3.05) is 0 Å². The molecule has 2 fully saturated rings. The van der Waals surface area contributed by atoms with E-state index in [2.05, 4.69) is 0 Å². The van der Waals surface area contributed by atoms with E-state index in [-0.39, 0.29) is 0 Å². The molecule has 0 spiro atoms. The minimum atomic E-state index is -0.617. The summed E-state index contributed by atoms with van der Waals surface area (Å²) >= 11 is 0. The van der Waals surface area contributed by atoms with Gasteiger partial charge in [-0.15, -0.1) is 0 Å². The van der Waals surface area contributed by atoms with Gasteiger partial charge in [0.25, 0.3) is 0 Å². The van der Waals surface area contributed by atoms with Gasteiger partial charge in [-0.1, -0.05) is 25.7 Å². The van der Waals surface area contributed by atoms with Crippen LogP contribution in [0.2, 0.25) is 0 Å². The highest BCUT2D eigenvalue weighted by atomic mass is 16.4. The van der Waals surface area contributed by atoms with Gasteiger partial charge in [-0.05, 0) is 37.0 Å². The zero-order valence-corrected chi connectivity index (χ0v) is 8.74. The number of hydrogen-bond donors (Lipinski definition) is 1. The molecule has 1 N–H and O–H groups in total. The molecule has 2 saturated carbocycles. The van der Waals surface area contributed by atoms with Crippen molar-refractivity contribution in [3.63, 3.8) is 0 Å². The number of aliphatic carboxylic acids is 1. The highest BCUT2D eigenvalue weighted by Gasteiger charge is 2.37. The fourth-order valence-electron chi connectivity index (χ4n) is 3.06. The van der Waals surface area contributed by atoms with Crippen LogP contribution in [0.4, 0.5) is 0 Å². The van der Waals surface area contributed by atoms with Gasteiger partial charge in [-0.25, -0.2) is 0 Å². The minimum Gasteiger partial charge on any atom is -0.481 e. The van der Waals surface area contributed by atoms with Crippen LogP contribution in [0.5, 0.6) is 0 Å². The average Bonchev–Trinajstić information content (AvgIpc) is 2.81. The molecule has 2 rings (SSSR count). The number of carboxylic acids is 1. The van der Waals surface area contributed by atoms with Crippen LogP contribution in [0.3, 0.4) is 0 Å². The molecule has 0 aromatic heterocycles. The predicted molar refractivity (Wildman–Crippen MR) is 55.0 cm³/mol. The van der Waals surface area contributed by atoms with Crippen molar-refractivity contribution < 1.29 is 9.90 Å². The molecule has 80 valence electrons. The first-order valence-corrected chi connectivity index (χ1v) is 5.99. The fraction of sp³-hybridized carbons (Fsp3) is 0.917. The van der Waals surface area contributed by atoms with Gasteiger partial charge in [-0.3, -0.25) is 4.79 Å². The molecular weight excluding hydrogens is 176 g/mol. The minimum absolute atomic E-state index is 0.387. The number of hydrogen-bond acceptors (Lipinski definition) is 1. The molecule has 2 heteroatoms. The van der Waals surface area contributed by atoms with Crippen LogP contribution >= 0.6 is 0 Å². The van der Waals surface area contributed by atoms with Crippen LogP contribution in [0.15, 0.2) is 0 Å². The number of carbonyl (C=O) groups is 1. The summed E-state index contributed by atoms with van der Waals surface area (Å²) in [6.07, 6.45) is 9.52. The molecule has 0 amide bonds. The van der Waals surface area contributed by atoms with Crippen molar-refractivity contribution in [2.45, 2.75) is 51.4 Å². The largest absolute Gasteiger partial charge is 0.481 e. The highest BCUT2D eigenvalue weighted by Crippen LogP contribution is 2.47. The Morgan fingerprint density at radius 3 is 2.21 bits per heavy atom. The van der Waals surface area contributed by atoms with Crippen LogP contribution in [0.25, 0.3) is 0 Å². The maximum absolute atomic E-state index is 10.6. The van der Waals surface area contributed by atoms with Crippen molar-refractivity contribution in [3.05, 3.63) is 0 Å². The van der Waals surface area contributed by atoms with Crippen molar-refractivity contribution >= 4 is 5.97 Å². The second-order valence-corrected chi connectivity index (χ2v) is 4.98. The Bertz CT molecular complexity index is 202. The molecular formula is C12H20O2. The van der Waals surface area contributed by atoms with Crippen LogP contribution in [-0.2, 0) is 4.79 Å². The van der Waals surface area contributed by atoms with E-state index in [9.17, 15) is 4.79 Å². The Morgan fingerprint density at radius 1 is 1.14 bits per heavy atom. The van der Waals surface area contributed by atoms with Crippen molar-refractivity contribution in [1.82, 2.24) is 0 Å². The molecule has 1 atom stereocenters. The monoisotopic (exact) mass is 196 g/mol. The molecule has 0 aromatic rings. The Morgan fingerprint density at radius 2 is 1.71 bits per heavy atom. The zero-order chi connectivity index (χ0) is 9.97. The first-order chi connectivity index (χ1) is 6.77. The van der Waals surface area contributed by atoms with E-state index in [0.717, 1.165) is 24.2 Å². The van der Waals surface area contributed by atoms with Crippen molar-refractivity contribution in [2.24, 2.45) is 17.8 Å². The topological polar surface area (TPSA) is 37.3 Å². The summed E-state index contributed by atoms with van der Waals surface area (Å²) in [4.78, 5) is 10.6. The van der Waals surface area contributed by atoms with E-state index in [1.165, 1.54) is 38.5 Å². The van der Waals surface area contributed by atoms with Crippen molar-refractivity contribution in [3.8, 4) is 0 Å². The lowest BCUT2D eigenvalue weighted by molar-refractivity contribution is -0.137. The summed E-state index contributed by atoms with van der Waals surface area (Å²) in [6.45, 7) is 0. The summed E-state index contributed by atoms with van der Waals surface area (Å²) in [6, 6.07) is 0. The van der Waals surface area contributed by atoms with E-state index in [4.69, 9.17) is 5.11 Å². The fourth-order valence-corrected chi connectivity index (χ4v) is 3.06. The molecule has 0 saturated heterocycles. The van der Waals surface area contributed by atoms with E-state index in [0.29, 0.717) is 6.42 Å². The smallest absolute Gasteiger partial charge is 0.303 e.